The Morgan fingerprint density at radius 2 is 2.22 bits per heavy atom. The van der Waals surface area contributed by atoms with Crippen LogP contribution in [0, 0.1) is 0 Å². The summed E-state index contributed by atoms with van der Waals surface area (Å²) in [5.41, 5.74) is 0.914. The van der Waals surface area contributed by atoms with Crippen LogP contribution in [0.1, 0.15) is 31.9 Å². The maximum absolute atomic E-state index is 5.90. The summed E-state index contributed by atoms with van der Waals surface area (Å²) < 4.78 is 11.7. The third-order valence-corrected chi connectivity index (χ3v) is 4.64. The standard InChI is InChI=1S/C18H23N3O2/c1-2-19-18(21-15-10-13-7-8-17(15)22-13)20-11-14-9-12-5-3-4-6-16(12)23-14/h3-6,9,13,15,17H,2,7-8,10-11H2,1H3,(H2,19,20,21). The van der Waals surface area contributed by atoms with Crippen LogP contribution in [0.2, 0.25) is 0 Å². The number of aliphatic imine (C=N–C) groups is 1. The summed E-state index contributed by atoms with van der Waals surface area (Å²) in [5.74, 6) is 1.72. The first-order valence-electron chi connectivity index (χ1n) is 8.49. The molecule has 1 aromatic heterocycles. The summed E-state index contributed by atoms with van der Waals surface area (Å²) in [5, 5.41) is 7.96. The second-order valence-electron chi connectivity index (χ2n) is 6.31. The SMILES string of the molecule is CCNC(=NCc1cc2ccccc2o1)NC1CC2CCC1O2. The molecule has 0 spiro atoms. The largest absolute Gasteiger partial charge is 0.459 e. The van der Waals surface area contributed by atoms with Crippen LogP contribution in [0.4, 0.5) is 0 Å². The number of furan rings is 1. The minimum atomic E-state index is 0.343. The highest BCUT2D eigenvalue weighted by Crippen LogP contribution is 2.34. The Morgan fingerprint density at radius 3 is 2.96 bits per heavy atom. The van der Waals surface area contributed by atoms with Gasteiger partial charge in [0.2, 0.25) is 0 Å². The molecule has 0 aliphatic carbocycles. The molecule has 2 bridgehead atoms. The van der Waals surface area contributed by atoms with Crippen LogP contribution < -0.4 is 10.6 Å². The molecule has 0 saturated carbocycles. The van der Waals surface area contributed by atoms with E-state index in [1.54, 1.807) is 0 Å². The van der Waals surface area contributed by atoms with E-state index in [1.165, 1.54) is 6.42 Å². The molecule has 5 heteroatoms. The van der Waals surface area contributed by atoms with Crippen LogP contribution in [-0.2, 0) is 11.3 Å². The molecule has 5 nitrogen and oxygen atoms in total. The number of ether oxygens (including phenoxy) is 1. The number of rotatable bonds is 4. The normalized spacial score (nSPS) is 26.8. The molecule has 2 saturated heterocycles. The van der Waals surface area contributed by atoms with Crippen molar-refractivity contribution in [3.05, 3.63) is 36.1 Å². The molecule has 3 atom stereocenters. The monoisotopic (exact) mass is 313 g/mol. The molecule has 2 aromatic rings. The summed E-state index contributed by atoms with van der Waals surface area (Å²) >= 11 is 0. The van der Waals surface area contributed by atoms with Gasteiger partial charge in [-0.25, -0.2) is 4.99 Å². The van der Waals surface area contributed by atoms with E-state index in [1.807, 2.05) is 18.2 Å². The van der Waals surface area contributed by atoms with E-state index >= 15 is 0 Å². The molecule has 4 rings (SSSR count). The third kappa shape index (κ3) is 3.06. The van der Waals surface area contributed by atoms with Gasteiger partial charge in [-0.2, -0.15) is 0 Å². The van der Waals surface area contributed by atoms with Crippen LogP contribution in [0.25, 0.3) is 11.0 Å². The van der Waals surface area contributed by atoms with Crippen LogP contribution in [0.3, 0.4) is 0 Å². The summed E-state index contributed by atoms with van der Waals surface area (Å²) in [6.07, 6.45) is 4.23. The van der Waals surface area contributed by atoms with Crippen molar-refractivity contribution >= 4 is 16.9 Å². The highest BCUT2D eigenvalue weighted by atomic mass is 16.5. The van der Waals surface area contributed by atoms with E-state index in [9.17, 15) is 0 Å². The van der Waals surface area contributed by atoms with E-state index in [0.717, 1.165) is 42.1 Å². The first-order valence-corrected chi connectivity index (χ1v) is 8.49. The number of fused-ring (bicyclic) bond motifs is 3. The van der Waals surface area contributed by atoms with Gasteiger partial charge in [-0.3, -0.25) is 0 Å². The van der Waals surface area contributed by atoms with Gasteiger partial charge in [-0.1, -0.05) is 18.2 Å². The molecule has 122 valence electrons. The minimum absolute atomic E-state index is 0.343. The fourth-order valence-electron chi connectivity index (χ4n) is 3.56. The van der Waals surface area contributed by atoms with Gasteiger partial charge < -0.3 is 19.8 Å². The summed E-state index contributed by atoms with van der Waals surface area (Å²) in [7, 11) is 0. The second kappa shape index (κ2) is 6.24. The van der Waals surface area contributed by atoms with E-state index < -0.39 is 0 Å². The van der Waals surface area contributed by atoms with Crippen LogP contribution >= 0.6 is 0 Å². The fraction of sp³-hybridized carbons (Fsp3) is 0.500. The van der Waals surface area contributed by atoms with E-state index in [4.69, 9.17) is 9.15 Å². The summed E-state index contributed by atoms with van der Waals surface area (Å²) in [4.78, 5) is 4.67. The second-order valence-corrected chi connectivity index (χ2v) is 6.31. The number of guanidine groups is 1. The van der Waals surface area contributed by atoms with E-state index in [2.05, 4.69) is 34.7 Å². The zero-order chi connectivity index (χ0) is 15.6. The van der Waals surface area contributed by atoms with E-state index in [-0.39, 0.29) is 0 Å². The average Bonchev–Trinajstić information content (AvgIpc) is 3.27. The molecule has 2 aliphatic rings. The van der Waals surface area contributed by atoms with Gasteiger partial charge in [0.15, 0.2) is 5.96 Å². The van der Waals surface area contributed by atoms with Crippen molar-refractivity contribution in [3.8, 4) is 0 Å². The molecule has 2 aliphatic heterocycles. The zero-order valence-electron chi connectivity index (χ0n) is 13.4. The predicted octanol–water partition coefficient (Wildman–Crippen LogP) is 2.81. The quantitative estimate of drug-likeness (QED) is 0.673. The van der Waals surface area contributed by atoms with Gasteiger partial charge in [-0.15, -0.1) is 0 Å². The number of hydrogen-bond donors (Lipinski definition) is 2. The van der Waals surface area contributed by atoms with Gasteiger partial charge in [0.05, 0.1) is 18.2 Å². The summed E-state index contributed by atoms with van der Waals surface area (Å²) in [6, 6.07) is 10.5. The van der Waals surface area contributed by atoms with Crippen molar-refractivity contribution in [2.45, 2.75) is 51.0 Å². The number of para-hydroxylation sites is 1. The molecular formula is C18H23N3O2. The Bertz CT molecular complexity index is 676. The van der Waals surface area contributed by atoms with Crippen LogP contribution in [-0.4, -0.2) is 30.8 Å². The third-order valence-electron chi connectivity index (χ3n) is 4.64. The fourth-order valence-corrected chi connectivity index (χ4v) is 3.56. The number of nitrogens with one attached hydrogen (secondary N) is 2. The van der Waals surface area contributed by atoms with Gasteiger partial charge in [0.25, 0.3) is 0 Å². The Labute approximate surface area is 136 Å². The smallest absolute Gasteiger partial charge is 0.192 e. The zero-order valence-corrected chi connectivity index (χ0v) is 13.4. The topological polar surface area (TPSA) is 58.8 Å². The molecule has 3 heterocycles. The van der Waals surface area contributed by atoms with Crippen molar-refractivity contribution < 1.29 is 9.15 Å². The Kier molecular flexibility index (Phi) is 3.95. The van der Waals surface area contributed by atoms with Crippen molar-refractivity contribution in [1.29, 1.82) is 0 Å². The highest BCUT2D eigenvalue weighted by Gasteiger charge is 2.41. The van der Waals surface area contributed by atoms with Crippen molar-refractivity contribution in [1.82, 2.24) is 10.6 Å². The highest BCUT2D eigenvalue weighted by molar-refractivity contribution is 5.80. The van der Waals surface area contributed by atoms with Crippen molar-refractivity contribution in [3.63, 3.8) is 0 Å². The molecule has 23 heavy (non-hydrogen) atoms. The molecule has 0 amide bonds. The lowest BCUT2D eigenvalue weighted by atomic mass is 9.96. The van der Waals surface area contributed by atoms with Crippen molar-refractivity contribution in [2.75, 3.05) is 6.54 Å². The number of benzene rings is 1. The van der Waals surface area contributed by atoms with E-state index in [0.29, 0.717) is 24.8 Å². The molecule has 2 N–H and O–H groups in total. The lowest BCUT2D eigenvalue weighted by Crippen LogP contribution is -2.47. The lowest BCUT2D eigenvalue weighted by molar-refractivity contribution is 0.0992. The van der Waals surface area contributed by atoms with Gasteiger partial charge in [-0.05, 0) is 38.3 Å². The first kappa shape index (κ1) is 14.6. The lowest BCUT2D eigenvalue weighted by Gasteiger charge is -2.22. The molecule has 1 aromatic carbocycles. The Morgan fingerprint density at radius 1 is 1.30 bits per heavy atom. The molecule has 2 fully saturated rings. The Balaban J connectivity index is 1.44. The molecule has 3 unspecified atom stereocenters. The average molecular weight is 313 g/mol. The van der Waals surface area contributed by atoms with Gasteiger partial charge >= 0.3 is 0 Å². The number of nitrogens with zero attached hydrogens (tertiary/aromatic N) is 1. The molecular weight excluding hydrogens is 290 g/mol. The Hall–Kier alpha value is -2.01. The summed E-state index contributed by atoms with van der Waals surface area (Å²) in [6.45, 7) is 3.45. The molecule has 0 radical (unpaired) electrons. The van der Waals surface area contributed by atoms with Gasteiger partial charge in [0, 0.05) is 11.9 Å². The van der Waals surface area contributed by atoms with Gasteiger partial charge in [0.1, 0.15) is 17.9 Å². The minimum Gasteiger partial charge on any atom is -0.459 e. The first-order chi connectivity index (χ1) is 11.3. The predicted molar refractivity (Wildman–Crippen MR) is 90.5 cm³/mol. The maximum Gasteiger partial charge on any atom is 0.192 e. The van der Waals surface area contributed by atoms with Crippen molar-refractivity contribution in [2.24, 2.45) is 4.99 Å². The maximum atomic E-state index is 5.90. The number of hydrogen-bond acceptors (Lipinski definition) is 3. The van der Waals surface area contributed by atoms with Crippen LogP contribution in [0.15, 0.2) is 39.7 Å². The van der Waals surface area contributed by atoms with Crippen LogP contribution in [0.5, 0.6) is 0 Å².